The van der Waals surface area contributed by atoms with E-state index >= 15 is 0 Å². The average Bonchev–Trinajstić information content (AvgIpc) is 2.32. The molecule has 0 N–H and O–H groups in total. The number of ether oxygens (including phenoxy) is 1. The molecule has 1 rings (SSSR count). The Hall–Kier alpha value is -0.160. The summed E-state index contributed by atoms with van der Waals surface area (Å²) in [7, 11) is 0. The van der Waals surface area contributed by atoms with E-state index < -0.39 is 0 Å². The van der Waals surface area contributed by atoms with Crippen LogP contribution in [0.25, 0.3) is 0 Å². The van der Waals surface area contributed by atoms with Crippen LogP contribution in [0.1, 0.15) is 46.0 Å². The average molecular weight is 220 g/mol. The van der Waals surface area contributed by atoms with Gasteiger partial charge in [0, 0.05) is 19.6 Å². The highest BCUT2D eigenvalue weighted by Gasteiger charge is 1.96. The summed E-state index contributed by atoms with van der Waals surface area (Å²) in [5.74, 6) is 0. The predicted octanol–water partition coefficient (Wildman–Crippen LogP) is 2.87. The van der Waals surface area contributed by atoms with E-state index in [1.165, 1.54) is 25.7 Å². The van der Waals surface area contributed by atoms with Crippen LogP contribution >= 0.6 is 0 Å². The second-order valence-corrected chi connectivity index (χ2v) is 3.39. The van der Waals surface area contributed by atoms with Crippen LogP contribution in [-0.2, 0) is 19.6 Å². The van der Waals surface area contributed by atoms with Crippen LogP contribution in [-0.4, -0.2) is 26.4 Å². The third-order valence-electron chi connectivity index (χ3n) is 1.84. The van der Waals surface area contributed by atoms with Crippen molar-refractivity contribution in [2.45, 2.75) is 46.0 Å². The maximum atomic E-state index is 5.31. The number of rotatable bonds is 6. The highest BCUT2D eigenvalue weighted by molar-refractivity contribution is 4.33. The first-order chi connectivity index (χ1) is 7.41. The summed E-state index contributed by atoms with van der Waals surface area (Å²) in [6.07, 6.45) is 5.84. The third kappa shape index (κ3) is 13.8. The molecular weight excluding hydrogens is 196 g/mol. The Balaban J connectivity index is 0.000000280. The van der Waals surface area contributed by atoms with Gasteiger partial charge >= 0.3 is 0 Å². The van der Waals surface area contributed by atoms with Crippen molar-refractivity contribution >= 4 is 0 Å². The molecule has 0 aromatic carbocycles. The van der Waals surface area contributed by atoms with Gasteiger partial charge in [0.05, 0.1) is 13.2 Å². The Labute approximate surface area is 92.7 Å². The van der Waals surface area contributed by atoms with Gasteiger partial charge in [0.15, 0.2) is 0 Å². The van der Waals surface area contributed by atoms with Crippen molar-refractivity contribution in [2.75, 3.05) is 26.4 Å². The van der Waals surface area contributed by atoms with Crippen molar-refractivity contribution in [3.05, 3.63) is 0 Å². The monoisotopic (exact) mass is 220 g/mol. The maximum absolute atomic E-state index is 5.31. The minimum absolute atomic E-state index is 0.653. The van der Waals surface area contributed by atoms with Gasteiger partial charge in [0.25, 0.3) is 0 Å². The normalized spacial score (nSPS) is 15.6. The van der Waals surface area contributed by atoms with Gasteiger partial charge in [-0.05, 0) is 12.8 Å². The molecule has 0 amide bonds. The van der Waals surface area contributed by atoms with Gasteiger partial charge in [-0.3, -0.25) is 0 Å². The van der Waals surface area contributed by atoms with Crippen molar-refractivity contribution < 1.29 is 19.6 Å². The number of hydrogen-bond acceptors (Lipinski definition) is 4. The lowest BCUT2D eigenvalue weighted by atomic mass is 10.3. The molecule has 0 spiro atoms. The molecule has 0 atom stereocenters. The van der Waals surface area contributed by atoms with Crippen LogP contribution in [0.2, 0.25) is 0 Å². The van der Waals surface area contributed by atoms with Gasteiger partial charge in [0.1, 0.15) is 0 Å². The Bertz CT molecular complexity index is 87.3. The highest BCUT2D eigenvalue weighted by atomic mass is 17.5. The summed E-state index contributed by atoms with van der Waals surface area (Å²) in [6.45, 7) is 7.58. The lowest BCUT2D eigenvalue weighted by Crippen LogP contribution is -2.08. The van der Waals surface area contributed by atoms with E-state index in [0.717, 1.165) is 19.6 Å². The molecule has 15 heavy (non-hydrogen) atoms. The molecule has 92 valence electrons. The van der Waals surface area contributed by atoms with Crippen molar-refractivity contribution in [1.29, 1.82) is 0 Å². The van der Waals surface area contributed by atoms with Gasteiger partial charge in [-0.25, -0.2) is 9.78 Å². The second-order valence-electron chi connectivity index (χ2n) is 3.39. The molecule has 0 aromatic heterocycles. The minimum Gasteiger partial charge on any atom is -0.381 e. The van der Waals surface area contributed by atoms with E-state index in [-0.39, 0.29) is 0 Å². The zero-order valence-corrected chi connectivity index (χ0v) is 10.00. The minimum atomic E-state index is 0.653. The largest absolute Gasteiger partial charge is 0.381 e. The Kier molecular flexibility index (Phi) is 13.7. The summed E-state index contributed by atoms with van der Waals surface area (Å²) >= 11 is 0. The molecule has 0 radical (unpaired) electrons. The Morgan fingerprint density at radius 2 is 1.47 bits per heavy atom. The molecule has 1 saturated heterocycles. The van der Waals surface area contributed by atoms with Crippen molar-refractivity contribution in [1.82, 2.24) is 0 Å². The first-order valence-corrected chi connectivity index (χ1v) is 5.90. The van der Waals surface area contributed by atoms with Crippen LogP contribution in [0, 0.1) is 0 Å². The van der Waals surface area contributed by atoms with Gasteiger partial charge in [0.2, 0.25) is 0 Å². The molecule has 0 saturated carbocycles. The van der Waals surface area contributed by atoms with E-state index in [1.54, 1.807) is 0 Å². The van der Waals surface area contributed by atoms with E-state index in [9.17, 15) is 0 Å². The van der Waals surface area contributed by atoms with Gasteiger partial charge < -0.3 is 4.74 Å². The molecule has 1 aliphatic heterocycles. The van der Waals surface area contributed by atoms with Crippen LogP contribution in [0.15, 0.2) is 0 Å². The smallest absolute Gasteiger partial charge is 0.0877 e. The van der Waals surface area contributed by atoms with E-state index in [4.69, 9.17) is 4.74 Å². The van der Waals surface area contributed by atoms with Crippen LogP contribution in [0.3, 0.4) is 0 Å². The Morgan fingerprint density at radius 3 is 1.73 bits per heavy atom. The molecule has 0 bridgehead atoms. The summed E-state index contributed by atoms with van der Waals surface area (Å²) in [5, 5.41) is 4.07. The highest BCUT2D eigenvalue weighted by Crippen LogP contribution is 1.93. The van der Waals surface area contributed by atoms with Crippen molar-refractivity contribution in [2.24, 2.45) is 0 Å². The summed E-state index contributed by atoms with van der Waals surface area (Å²) in [5.41, 5.74) is 0. The fraction of sp³-hybridized carbons (Fsp3) is 1.00. The molecule has 1 heterocycles. The fourth-order valence-corrected chi connectivity index (χ4v) is 0.874. The second kappa shape index (κ2) is 13.8. The van der Waals surface area contributed by atoms with Gasteiger partial charge in [-0.1, -0.05) is 31.7 Å². The van der Waals surface area contributed by atoms with Gasteiger partial charge in [-0.2, -0.15) is 0 Å². The summed E-state index contributed by atoms with van der Waals surface area (Å²) in [4.78, 5) is 8.69. The van der Waals surface area contributed by atoms with Crippen LogP contribution in [0.4, 0.5) is 0 Å². The van der Waals surface area contributed by atoms with Crippen LogP contribution in [0.5, 0.6) is 0 Å². The molecule has 0 aromatic rings. The molecule has 1 aliphatic rings. The zero-order valence-electron chi connectivity index (χ0n) is 10.00. The number of unbranched alkanes of at least 4 members (excludes halogenated alkanes) is 2. The zero-order chi connectivity index (χ0) is 11.2. The lowest BCUT2D eigenvalue weighted by molar-refractivity contribution is -0.532. The quantitative estimate of drug-likeness (QED) is 0.509. The standard InChI is InChI=1S/C8H18O.C3H6O3/c1-3-5-7-9-8-6-4-2;1-2-4-6-5-3-1/h3-8H2,1-2H3;1-3H2. The first-order valence-electron chi connectivity index (χ1n) is 5.90. The molecule has 0 aliphatic carbocycles. The lowest BCUT2D eigenvalue weighted by Gasteiger charge is -2.06. The molecule has 4 nitrogen and oxygen atoms in total. The summed E-state index contributed by atoms with van der Waals surface area (Å²) < 4.78 is 5.31. The van der Waals surface area contributed by atoms with Gasteiger partial charge in [-0.15, -0.1) is 0 Å². The third-order valence-corrected chi connectivity index (χ3v) is 1.84. The molecule has 4 heteroatoms. The predicted molar refractivity (Wildman–Crippen MR) is 58.2 cm³/mol. The Morgan fingerprint density at radius 1 is 0.933 bits per heavy atom. The van der Waals surface area contributed by atoms with E-state index in [0.29, 0.717) is 13.2 Å². The van der Waals surface area contributed by atoms with E-state index in [1.807, 2.05) is 0 Å². The molecule has 1 fully saturated rings. The van der Waals surface area contributed by atoms with Crippen molar-refractivity contribution in [3.8, 4) is 0 Å². The molecule has 0 unspecified atom stereocenters. The topological polar surface area (TPSA) is 36.9 Å². The molecular formula is C11H24O4. The SMILES string of the molecule is C1COOOC1.CCCCOCCCC. The first kappa shape index (κ1) is 14.8. The fourth-order valence-electron chi connectivity index (χ4n) is 0.874. The van der Waals surface area contributed by atoms with Crippen molar-refractivity contribution in [3.63, 3.8) is 0 Å². The summed E-state index contributed by atoms with van der Waals surface area (Å²) in [6, 6.07) is 0. The maximum Gasteiger partial charge on any atom is 0.0877 e. The van der Waals surface area contributed by atoms with E-state index in [2.05, 4.69) is 28.7 Å². The van der Waals surface area contributed by atoms with Crippen LogP contribution < -0.4 is 0 Å². The number of hydrogen-bond donors (Lipinski definition) is 0.